The molecule has 2 aromatic carbocycles. The van der Waals surface area contributed by atoms with Crippen LogP contribution in [0, 0.1) is 11.7 Å². The summed E-state index contributed by atoms with van der Waals surface area (Å²) in [5, 5.41) is 9.50. The second-order valence-corrected chi connectivity index (χ2v) is 9.20. The third-order valence-electron chi connectivity index (χ3n) is 6.28. The molecule has 32 heavy (non-hydrogen) atoms. The summed E-state index contributed by atoms with van der Waals surface area (Å²) in [7, 11) is 0. The Kier molecular flexibility index (Phi) is 5.75. The number of fused-ring (bicyclic) bond motifs is 4. The standard InChI is InChI=1S/C23H24FN5O2S/c24-16-3-1-14(2-4-16)12-25-23(31)26-17-5-6-18-20(11-17)32-28-21(18)22(30)27-19-13-29-9-7-15(19)8-10-29/h1-6,11,15,19H,7-10,12-13H2,(H,27,30)(H2,25,26,31)/t19-/m0/s1. The molecule has 1 aromatic heterocycles. The van der Waals surface area contributed by atoms with Gasteiger partial charge in [-0.25, -0.2) is 9.18 Å². The quantitative estimate of drug-likeness (QED) is 0.551. The summed E-state index contributed by atoms with van der Waals surface area (Å²) in [6.07, 6.45) is 2.28. The first kappa shape index (κ1) is 20.8. The molecule has 3 aliphatic rings. The van der Waals surface area contributed by atoms with Crippen molar-refractivity contribution in [3.63, 3.8) is 0 Å². The molecule has 166 valence electrons. The Bertz CT molecular complexity index is 1140. The smallest absolute Gasteiger partial charge is 0.319 e. The van der Waals surface area contributed by atoms with Crippen LogP contribution < -0.4 is 16.0 Å². The molecule has 7 nitrogen and oxygen atoms in total. The molecule has 1 atom stereocenters. The molecule has 3 saturated heterocycles. The highest BCUT2D eigenvalue weighted by atomic mass is 32.1. The van der Waals surface area contributed by atoms with Crippen LogP contribution in [-0.4, -0.2) is 46.9 Å². The van der Waals surface area contributed by atoms with Crippen LogP contribution in [0.2, 0.25) is 0 Å². The number of anilines is 1. The zero-order valence-corrected chi connectivity index (χ0v) is 18.3. The maximum absolute atomic E-state index is 13.0. The molecule has 3 amide bonds. The van der Waals surface area contributed by atoms with Gasteiger partial charge in [0.2, 0.25) is 0 Å². The Morgan fingerprint density at radius 3 is 2.62 bits per heavy atom. The molecule has 0 spiro atoms. The number of carbonyl (C=O) groups is 2. The number of amides is 3. The number of rotatable bonds is 5. The number of halogens is 1. The second kappa shape index (κ2) is 8.84. The van der Waals surface area contributed by atoms with Crippen LogP contribution in [0.1, 0.15) is 28.9 Å². The highest BCUT2D eigenvalue weighted by Gasteiger charge is 2.35. The number of piperidine rings is 3. The summed E-state index contributed by atoms with van der Waals surface area (Å²) in [4.78, 5) is 27.5. The van der Waals surface area contributed by atoms with Crippen LogP contribution in [0.15, 0.2) is 42.5 Å². The average Bonchev–Trinajstić information content (AvgIpc) is 3.23. The number of nitrogens with zero attached hydrogens (tertiary/aromatic N) is 2. The molecule has 0 radical (unpaired) electrons. The summed E-state index contributed by atoms with van der Waals surface area (Å²) >= 11 is 1.24. The van der Waals surface area contributed by atoms with E-state index in [0.717, 1.165) is 48.1 Å². The number of hydrogen-bond acceptors (Lipinski definition) is 5. The van der Waals surface area contributed by atoms with Gasteiger partial charge in [0.15, 0.2) is 0 Å². The SMILES string of the molecule is O=C(NCc1ccc(F)cc1)Nc1ccc2c(C(=O)N[C@H]3CN4CCC3CC4)nsc2c1. The molecule has 0 unspecified atom stereocenters. The molecular weight excluding hydrogens is 429 g/mol. The van der Waals surface area contributed by atoms with E-state index in [1.807, 2.05) is 12.1 Å². The minimum atomic E-state index is -0.362. The van der Waals surface area contributed by atoms with E-state index in [9.17, 15) is 14.0 Å². The molecular formula is C23H24FN5O2S. The normalized spacial score (nSPS) is 22.0. The van der Waals surface area contributed by atoms with Gasteiger partial charge in [-0.15, -0.1) is 0 Å². The fraction of sp³-hybridized carbons (Fsp3) is 0.348. The first-order valence-electron chi connectivity index (χ1n) is 10.8. The molecule has 4 heterocycles. The van der Waals surface area contributed by atoms with E-state index in [1.54, 1.807) is 18.2 Å². The molecule has 9 heteroatoms. The number of benzene rings is 2. The minimum Gasteiger partial charge on any atom is -0.346 e. The molecule has 3 aliphatic heterocycles. The van der Waals surface area contributed by atoms with Crippen molar-refractivity contribution in [2.24, 2.45) is 5.92 Å². The van der Waals surface area contributed by atoms with Crippen molar-refractivity contribution in [2.45, 2.75) is 25.4 Å². The summed E-state index contributed by atoms with van der Waals surface area (Å²) in [5.74, 6) is 0.110. The largest absolute Gasteiger partial charge is 0.346 e. The number of nitrogens with one attached hydrogen (secondary N) is 3. The van der Waals surface area contributed by atoms with E-state index in [-0.39, 0.29) is 23.8 Å². The molecule has 3 N–H and O–H groups in total. The number of hydrogen-bond donors (Lipinski definition) is 3. The summed E-state index contributed by atoms with van der Waals surface area (Å²) in [6, 6.07) is 11.2. The van der Waals surface area contributed by atoms with E-state index < -0.39 is 0 Å². The average molecular weight is 454 g/mol. The Labute approximate surface area is 189 Å². The molecule has 3 aromatic rings. The fourth-order valence-corrected chi connectivity index (χ4v) is 5.32. The first-order chi connectivity index (χ1) is 15.5. The van der Waals surface area contributed by atoms with E-state index in [2.05, 4.69) is 25.2 Å². The first-order valence-corrected chi connectivity index (χ1v) is 11.5. The van der Waals surface area contributed by atoms with Gasteiger partial charge in [-0.05, 0) is 79.3 Å². The molecule has 3 fully saturated rings. The lowest BCUT2D eigenvalue weighted by atomic mass is 9.84. The van der Waals surface area contributed by atoms with Gasteiger partial charge in [-0.1, -0.05) is 12.1 Å². The summed E-state index contributed by atoms with van der Waals surface area (Å²) in [6.45, 7) is 3.46. The van der Waals surface area contributed by atoms with Gasteiger partial charge in [-0.2, -0.15) is 4.37 Å². The topological polar surface area (TPSA) is 86.4 Å². The Hall–Kier alpha value is -3.04. The number of aromatic nitrogens is 1. The van der Waals surface area contributed by atoms with E-state index in [0.29, 0.717) is 23.8 Å². The summed E-state index contributed by atoms with van der Waals surface area (Å²) in [5.41, 5.74) is 1.86. The van der Waals surface area contributed by atoms with E-state index >= 15 is 0 Å². The Morgan fingerprint density at radius 2 is 1.91 bits per heavy atom. The van der Waals surface area contributed by atoms with E-state index in [1.165, 1.54) is 23.7 Å². The third kappa shape index (κ3) is 4.44. The lowest BCUT2D eigenvalue weighted by Gasteiger charge is -2.44. The van der Waals surface area contributed by atoms with Crippen LogP contribution in [0.4, 0.5) is 14.9 Å². The fourth-order valence-electron chi connectivity index (χ4n) is 4.50. The predicted octanol–water partition coefficient (Wildman–Crippen LogP) is 3.58. The number of urea groups is 1. The maximum atomic E-state index is 13.0. The highest BCUT2D eigenvalue weighted by Crippen LogP contribution is 2.29. The molecule has 6 rings (SSSR count). The van der Waals surface area contributed by atoms with E-state index in [4.69, 9.17) is 0 Å². The van der Waals surface area contributed by atoms with Crippen LogP contribution in [-0.2, 0) is 6.54 Å². The van der Waals surface area contributed by atoms with Gasteiger partial charge >= 0.3 is 6.03 Å². The van der Waals surface area contributed by atoms with Gasteiger partial charge in [0.1, 0.15) is 11.5 Å². The van der Waals surface area contributed by atoms with Crippen molar-refractivity contribution in [3.8, 4) is 0 Å². The van der Waals surface area contributed by atoms with Crippen molar-refractivity contribution in [2.75, 3.05) is 25.0 Å². The van der Waals surface area contributed by atoms with Crippen LogP contribution in [0.5, 0.6) is 0 Å². The number of carbonyl (C=O) groups excluding carboxylic acids is 2. The monoisotopic (exact) mass is 453 g/mol. The van der Waals surface area contributed by atoms with Gasteiger partial charge in [0.25, 0.3) is 5.91 Å². The van der Waals surface area contributed by atoms with Crippen molar-refractivity contribution in [3.05, 3.63) is 59.5 Å². The van der Waals surface area contributed by atoms with Crippen LogP contribution in [0.25, 0.3) is 10.1 Å². The van der Waals surface area contributed by atoms with Gasteiger partial charge in [0, 0.05) is 30.2 Å². The van der Waals surface area contributed by atoms with Crippen molar-refractivity contribution in [1.29, 1.82) is 0 Å². The molecule has 0 aliphatic carbocycles. The van der Waals surface area contributed by atoms with Crippen molar-refractivity contribution >= 4 is 39.2 Å². The lowest BCUT2D eigenvalue weighted by Crippen LogP contribution is -2.57. The Morgan fingerprint density at radius 1 is 1.12 bits per heavy atom. The Balaban J connectivity index is 1.21. The van der Waals surface area contributed by atoms with Gasteiger partial charge < -0.3 is 20.9 Å². The van der Waals surface area contributed by atoms with Crippen molar-refractivity contribution < 1.29 is 14.0 Å². The van der Waals surface area contributed by atoms with Crippen LogP contribution >= 0.6 is 11.5 Å². The lowest BCUT2D eigenvalue weighted by molar-refractivity contribution is 0.0619. The van der Waals surface area contributed by atoms with Gasteiger partial charge in [0.05, 0.1) is 4.70 Å². The minimum absolute atomic E-state index is 0.132. The van der Waals surface area contributed by atoms with Crippen molar-refractivity contribution in [1.82, 2.24) is 19.9 Å². The second-order valence-electron chi connectivity index (χ2n) is 8.39. The molecule has 0 saturated carbocycles. The predicted molar refractivity (Wildman–Crippen MR) is 122 cm³/mol. The maximum Gasteiger partial charge on any atom is 0.319 e. The highest BCUT2D eigenvalue weighted by molar-refractivity contribution is 7.13. The molecule has 2 bridgehead atoms. The van der Waals surface area contributed by atoms with Crippen LogP contribution in [0.3, 0.4) is 0 Å². The zero-order chi connectivity index (χ0) is 22.1. The van der Waals surface area contributed by atoms with Gasteiger partial charge in [-0.3, -0.25) is 4.79 Å². The summed E-state index contributed by atoms with van der Waals surface area (Å²) < 4.78 is 18.2. The third-order valence-corrected chi connectivity index (χ3v) is 7.09. The zero-order valence-electron chi connectivity index (χ0n) is 17.4.